The summed E-state index contributed by atoms with van der Waals surface area (Å²) in [4.78, 5) is 0. The Morgan fingerprint density at radius 2 is 2.07 bits per heavy atom. The van der Waals surface area contributed by atoms with E-state index in [4.69, 9.17) is 22.1 Å². The Kier molecular flexibility index (Phi) is 5.09. The first-order valence-electron chi connectivity index (χ1n) is 5.14. The third kappa shape index (κ3) is 3.20. The summed E-state index contributed by atoms with van der Waals surface area (Å²) in [6.45, 7) is 3.42. The summed E-state index contributed by atoms with van der Waals surface area (Å²) in [5, 5.41) is 0.788. The van der Waals surface area contributed by atoms with E-state index in [1.54, 1.807) is 7.11 Å². The smallest absolute Gasteiger partial charge is 0.0494 e. The second kappa shape index (κ2) is 6.11. The average molecular weight is 228 g/mol. The Bertz CT molecular complexity index is 303. The molecule has 0 spiro atoms. The van der Waals surface area contributed by atoms with Gasteiger partial charge in [0, 0.05) is 24.7 Å². The van der Waals surface area contributed by atoms with Gasteiger partial charge in [0.1, 0.15) is 0 Å². The van der Waals surface area contributed by atoms with Gasteiger partial charge >= 0.3 is 0 Å². The molecule has 1 aromatic rings. The lowest BCUT2D eigenvalue weighted by Crippen LogP contribution is -2.23. The van der Waals surface area contributed by atoms with E-state index >= 15 is 0 Å². The fraction of sp³-hybridized carbons (Fsp3) is 0.500. The molecule has 0 radical (unpaired) electrons. The number of hydrogen-bond acceptors (Lipinski definition) is 2. The van der Waals surface area contributed by atoms with Crippen LogP contribution >= 0.6 is 11.6 Å². The highest BCUT2D eigenvalue weighted by molar-refractivity contribution is 6.31. The van der Waals surface area contributed by atoms with Gasteiger partial charge < -0.3 is 10.5 Å². The minimum absolute atomic E-state index is 0.263. The Hall–Kier alpha value is -0.570. The quantitative estimate of drug-likeness (QED) is 0.840. The van der Waals surface area contributed by atoms with Crippen molar-refractivity contribution < 1.29 is 4.74 Å². The van der Waals surface area contributed by atoms with Gasteiger partial charge in [0.15, 0.2) is 0 Å². The number of nitrogens with two attached hydrogens (primary N) is 1. The maximum atomic E-state index is 6.15. The molecule has 1 rings (SSSR count). The minimum Gasteiger partial charge on any atom is -0.384 e. The molecule has 0 fully saturated rings. The van der Waals surface area contributed by atoms with Crippen molar-refractivity contribution in [2.75, 3.05) is 20.3 Å². The van der Waals surface area contributed by atoms with Crippen molar-refractivity contribution >= 4 is 11.6 Å². The number of methoxy groups -OCH3 is 1. The maximum Gasteiger partial charge on any atom is 0.0494 e. The van der Waals surface area contributed by atoms with Gasteiger partial charge in [-0.2, -0.15) is 0 Å². The molecule has 3 heteroatoms. The molecule has 0 saturated heterocycles. The van der Waals surface area contributed by atoms with Gasteiger partial charge in [0.25, 0.3) is 0 Å². The maximum absolute atomic E-state index is 6.15. The van der Waals surface area contributed by atoms with Crippen LogP contribution in [-0.4, -0.2) is 20.3 Å². The van der Waals surface area contributed by atoms with E-state index in [0.29, 0.717) is 19.1 Å². The van der Waals surface area contributed by atoms with E-state index in [1.807, 2.05) is 24.3 Å². The van der Waals surface area contributed by atoms with E-state index in [1.165, 1.54) is 0 Å². The van der Waals surface area contributed by atoms with Gasteiger partial charge in [-0.05, 0) is 24.1 Å². The highest BCUT2D eigenvalue weighted by Crippen LogP contribution is 2.29. The first-order chi connectivity index (χ1) is 7.20. The van der Waals surface area contributed by atoms with Crippen LogP contribution in [0.15, 0.2) is 24.3 Å². The second-order valence-corrected chi connectivity index (χ2v) is 4.20. The molecular formula is C12H18ClNO. The van der Waals surface area contributed by atoms with Crippen LogP contribution in [0.25, 0.3) is 0 Å². The highest BCUT2D eigenvalue weighted by Gasteiger charge is 2.19. The first kappa shape index (κ1) is 12.5. The molecule has 0 heterocycles. The first-order valence-corrected chi connectivity index (χ1v) is 5.52. The molecule has 0 aromatic heterocycles. The predicted octanol–water partition coefficient (Wildman–Crippen LogP) is 2.66. The Morgan fingerprint density at radius 3 is 2.60 bits per heavy atom. The van der Waals surface area contributed by atoms with Crippen LogP contribution in [0.1, 0.15) is 18.4 Å². The zero-order chi connectivity index (χ0) is 11.3. The molecule has 2 N–H and O–H groups in total. The Balaban J connectivity index is 2.87. The van der Waals surface area contributed by atoms with Crippen LogP contribution < -0.4 is 5.73 Å². The molecule has 2 atom stereocenters. The van der Waals surface area contributed by atoms with Crippen molar-refractivity contribution in [3.8, 4) is 0 Å². The molecule has 0 bridgehead atoms. The van der Waals surface area contributed by atoms with E-state index in [2.05, 4.69) is 6.92 Å². The van der Waals surface area contributed by atoms with Crippen molar-refractivity contribution in [2.24, 2.45) is 11.7 Å². The second-order valence-electron chi connectivity index (χ2n) is 3.80. The molecule has 2 nitrogen and oxygen atoms in total. The minimum atomic E-state index is 0.263. The van der Waals surface area contributed by atoms with Crippen molar-refractivity contribution in [2.45, 2.75) is 12.8 Å². The van der Waals surface area contributed by atoms with Crippen LogP contribution in [0.4, 0.5) is 0 Å². The SMILES string of the molecule is COCC(C)C(CN)c1ccccc1Cl. The van der Waals surface area contributed by atoms with Gasteiger partial charge in [-0.3, -0.25) is 0 Å². The van der Waals surface area contributed by atoms with E-state index in [9.17, 15) is 0 Å². The number of rotatable bonds is 5. The summed E-state index contributed by atoms with van der Waals surface area (Å²) in [5.41, 5.74) is 6.91. The van der Waals surface area contributed by atoms with Gasteiger partial charge in [-0.15, -0.1) is 0 Å². The standard InChI is InChI=1S/C12H18ClNO/c1-9(8-15-2)11(7-14)10-5-3-4-6-12(10)13/h3-6,9,11H,7-8,14H2,1-2H3. The van der Waals surface area contributed by atoms with E-state index in [-0.39, 0.29) is 5.92 Å². The summed E-state index contributed by atoms with van der Waals surface area (Å²) >= 11 is 6.15. The van der Waals surface area contributed by atoms with Crippen LogP contribution in [0.3, 0.4) is 0 Å². The fourth-order valence-electron chi connectivity index (χ4n) is 1.82. The normalized spacial score (nSPS) is 14.9. The molecule has 0 saturated carbocycles. The monoisotopic (exact) mass is 227 g/mol. The molecule has 84 valence electrons. The van der Waals surface area contributed by atoms with Gasteiger partial charge in [-0.1, -0.05) is 36.7 Å². The lowest BCUT2D eigenvalue weighted by molar-refractivity contribution is 0.147. The van der Waals surface area contributed by atoms with Crippen molar-refractivity contribution in [3.05, 3.63) is 34.9 Å². The lowest BCUT2D eigenvalue weighted by atomic mass is 9.88. The summed E-state index contributed by atoms with van der Waals surface area (Å²) in [7, 11) is 1.71. The van der Waals surface area contributed by atoms with Crippen molar-refractivity contribution in [1.82, 2.24) is 0 Å². The van der Waals surface area contributed by atoms with Crippen LogP contribution in [-0.2, 0) is 4.74 Å². The highest BCUT2D eigenvalue weighted by atomic mass is 35.5. The summed E-state index contributed by atoms with van der Waals surface area (Å²) in [6, 6.07) is 7.86. The van der Waals surface area contributed by atoms with E-state index < -0.39 is 0 Å². The third-order valence-corrected chi connectivity index (χ3v) is 3.02. The number of benzene rings is 1. The topological polar surface area (TPSA) is 35.2 Å². The zero-order valence-corrected chi connectivity index (χ0v) is 10.00. The lowest BCUT2D eigenvalue weighted by Gasteiger charge is -2.23. The summed E-state index contributed by atoms with van der Waals surface area (Å²) < 4.78 is 5.15. The summed E-state index contributed by atoms with van der Waals surface area (Å²) in [6.07, 6.45) is 0. The molecule has 2 unspecified atom stereocenters. The van der Waals surface area contributed by atoms with Crippen molar-refractivity contribution in [3.63, 3.8) is 0 Å². The number of ether oxygens (including phenoxy) is 1. The molecule has 0 amide bonds. The number of hydrogen-bond donors (Lipinski definition) is 1. The molecule has 15 heavy (non-hydrogen) atoms. The van der Waals surface area contributed by atoms with Crippen LogP contribution in [0, 0.1) is 5.92 Å². The summed E-state index contributed by atoms with van der Waals surface area (Å²) in [5.74, 6) is 0.638. The predicted molar refractivity (Wildman–Crippen MR) is 64.3 cm³/mol. The van der Waals surface area contributed by atoms with Gasteiger partial charge in [-0.25, -0.2) is 0 Å². The molecule has 0 aliphatic heterocycles. The number of halogens is 1. The molecule has 1 aromatic carbocycles. The molecule has 0 aliphatic carbocycles. The van der Waals surface area contributed by atoms with E-state index in [0.717, 1.165) is 10.6 Å². The average Bonchev–Trinajstić information content (AvgIpc) is 2.22. The Labute approximate surface area is 96.4 Å². The van der Waals surface area contributed by atoms with Crippen molar-refractivity contribution in [1.29, 1.82) is 0 Å². The fourth-order valence-corrected chi connectivity index (χ4v) is 2.10. The van der Waals surface area contributed by atoms with Gasteiger partial charge in [0.2, 0.25) is 0 Å². The van der Waals surface area contributed by atoms with Crippen LogP contribution in [0.5, 0.6) is 0 Å². The largest absolute Gasteiger partial charge is 0.384 e. The Morgan fingerprint density at radius 1 is 1.40 bits per heavy atom. The zero-order valence-electron chi connectivity index (χ0n) is 9.24. The molecule has 0 aliphatic rings. The van der Waals surface area contributed by atoms with Gasteiger partial charge in [0.05, 0.1) is 0 Å². The third-order valence-electron chi connectivity index (χ3n) is 2.68. The molecular weight excluding hydrogens is 210 g/mol. The van der Waals surface area contributed by atoms with Crippen LogP contribution in [0.2, 0.25) is 5.02 Å².